The van der Waals surface area contributed by atoms with E-state index in [9.17, 15) is 9.59 Å². The second kappa shape index (κ2) is 6.76. The summed E-state index contributed by atoms with van der Waals surface area (Å²) in [5.41, 5.74) is 0.934. The minimum Gasteiger partial charge on any atom is -0.479 e. The number of ether oxygens (including phenoxy) is 2. The Bertz CT molecular complexity index is 401. The van der Waals surface area contributed by atoms with E-state index in [0.717, 1.165) is 5.56 Å². The number of carbonyl (C=O) groups is 2. The van der Waals surface area contributed by atoms with Gasteiger partial charge in [-0.3, -0.25) is 0 Å². The van der Waals surface area contributed by atoms with Crippen LogP contribution in [0.15, 0.2) is 30.3 Å². The highest BCUT2D eigenvalue weighted by atomic mass is 16.6. The normalized spacial score (nSPS) is 13.7. The van der Waals surface area contributed by atoms with Crippen LogP contribution in [0.1, 0.15) is 19.4 Å². The molecule has 5 nitrogen and oxygen atoms in total. The van der Waals surface area contributed by atoms with Gasteiger partial charge in [-0.05, 0) is 19.4 Å². The van der Waals surface area contributed by atoms with Crippen molar-refractivity contribution >= 4 is 11.9 Å². The molecule has 18 heavy (non-hydrogen) atoms. The minimum absolute atomic E-state index is 0.276. The van der Waals surface area contributed by atoms with Gasteiger partial charge in [-0.2, -0.15) is 0 Å². The van der Waals surface area contributed by atoms with Crippen LogP contribution in [0, 0.1) is 0 Å². The first kappa shape index (κ1) is 14.2. The van der Waals surface area contributed by atoms with Crippen molar-refractivity contribution in [1.82, 2.24) is 0 Å². The number of esters is 1. The Morgan fingerprint density at radius 1 is 1.17 bits per heavy atom. The molecule has 1 rings (SSSR count). The van der Waals surface area contributed by atoms with E-state index in [1.165, 1.54) is 13.8 Å². The summed E-state index contributed by atoms with van der Waals surface area (Å²) in [7, 11) is 0. The van der Waals surface area contributed by atoms with E-state index in [4.69, 9.17) is 14.6 Å². The first-order chi connectivity index (χ1) is 8.50. The average Bonchev–Trinajstić information content (AvgIpc) is 2.36. The van der Waals surface area contributed by atoms with Gasteiger partial charge in [0.1, 0.15) is 0 Å². The summed E-state index contributed by atoms with van der Waals surface area (Å²) in [5, 5.41) is 8.60. The smallest absolute Gasteiger partial charge is 0.344 e. The summed E-state index contributed by atoms with van der Waals surface area (Å²) in [4.78, 5) is 22.0. The van der Waals surface area contributed by atoms with Crippen LogP contribution in [0.5, 0.6) is 0 Å². The SMILES string of the molecule is C[C@H](OC(=O)[C@@H](C)OCc1ccccc1)C(=O)O. The monoisotopic (exact) mass is 252 g/mol. The van der Waals surface area contributed by atoms with E-state index < -0.39 is 24.1 Å². The molecule has 5 heteroatoms. The summed E-state index contributed by atoms with van der Waals surface area (Å²) in [6, 6.07) is 9.37. The molecule has 0 unspecified atom stereocenters. The summed E-state index contributed by atoms with van der Waals surface area (Å²) >= 11 is 0. The number of carboxylic acids is 1. The predicted molar refractivity (Wildman–Crippen MR) is 63.9 cm³/mol. The van der Waals surface area contributed by atoms with Gasteiger partial charge in [-0.15, -0.1) is 0 Å². The van der Waals surface area contributed by atoms with E-state index in [1.807, 2.05) is 30.3 Å². The third kappa shape index (κ3) is 4.55. The quantitative estimate of drug-likeness (QED) is 0.779. The van der Waals surface area contributed by atoms with Crippen molar-refractivity contribution in [3.63, 3.8) is 0 Å². The minimum atomic E-state index is -1.18. The number of hydrogen-bond acceptors (Lipinski definition) is 4. The largest absolute Gasteiger partial charge is 0.479 e. The Morgan fingerprint density at radius 2 is 1.78 bits per heavy atom. The Balaban J connectivity index is 2.39. The van der Waals surface area contributed by atoms with Gasteiger partial charge in [0.15, 0.2) is 12.2 Å². The lowest BCUT2D eigenvalue weighted by Gasteiger charge is -2.14. The number of rotatable bonds is 6. The lowest BCUT2D eigenvalue weighted by atomic mass is 10.2. The van der Waals surface area contributed by atoms with E-state index in [1.54, 1.807) is 0 Å². The first-order valence-electron chi connectivity index (χ1n) is 5.59. The predicted octanol–water partition coefficient (Wildman–Crippen LogP) is 1.61. The molecule has 1 aromatic rings. The lowest BCUT2D eigenvalue weighted by Crippen LogP contribution is -2.30. The van der Waals surface area contributed by atoms with Crippen LogP contribution in [0.4, 0.5) is 0 Å². The summed E-state index contributed by atoms with van der Waals surface area (Å²) < 4.78 is 10.0. The van der Waals surface area contributed by atoms with E-state index >= 15 is 0 Å². The maximum Gasteiger partial charge on any atom is 0.344 e. The highest BCUT2D eigenvalue weighted by Gasteiger charge is 2.21. The van der Waals surface area contributed by atoms with Crippen molar-refractivity contribution in [2.45, 2.75) is 32.7 Å². The fourth-order valence-corrected chi connectivity index (χ4v) is 1.18. The van der Waals surface area contributed by atoms with Crippen molar-refractivity contribution in [2.75, 3.05) is 0 Å². The average molecular weight is 252 g/mol. The Hall–Kier alpha value is -1.88. The number of hydrogen-bond donors (Lipinski definition) is 1. The first-order valence-corrected chi connectivity index (χ1v) is 5.59. The Morgan fingerprint density at radius 3 is 2.33 bits per heavy atom. The van der Waals surface area contributed by atoms with Gasteiger partial charge in [0.25, 0.3) is 0 Å². The van der Waals surface area contributed by atoms with Crippen molar-refractivity contribution in [3.05, 3.63) is 35.9 Å². The molecular weight excluding hydrogens is 236 g/mol. The molecule has 0 aliphatic rings. The molecule has 1 N–H and O–H groups in total. The van der Waals surface area contributed by atoms with Gasteiger partial charge in [-0.25, -0.2) is 9.59 Å². The van der Waals surface area contributed by atoms with Crippen LogP contribution in [0.25, 0.3) is 0 Å². The van der Waals surface area contributed by atoms with E-state index in [-0.39, 0.29) is 6.61 Å². The van der Waals surface area contributed by atoms with Gasteiger partial charge in [0.05, 0.1) is 6.61 Å². The molecule has 0 fully saturated rings. The summed E-state index contributed by atoms with van der Waals surface area (Å²) in [5.74, 6) is -1.86. The highest BCUT2D eigenvalue weighted by molar-refractivity contribution is 5.79. The van der Waals surface area contributed by atoms with E-state index in [2.05, 4.69) is 0 Å². The topological polar surface area (TPSA) is 72.8 Å². The van der Waals surface area contributed by atoms with Crippen LogP contribution in [-0.4, -0.2) is 29.3 Å². The lowest BCUT2D eigenvalue weighted by molar-refractivity contribution is -0.171. The molecule has 0 aliphatic heterocycles. The second-order valence-electron chi connectivity index (χ2n) is 3.86. The fourth-order valence-electron chi connectivity index (χ4n) is 1.18. The van der Waals surface area contributed by atoms with Crippen molar-refractivity contribution < 1.29 is 24.2 Å². The molecule has 0 spiro atoms. The van der Waals surface area contributed by atoms with Crippen LogP contribution >= 0.6 is 0 Å². The number of benzene rings is 1. The third-order valence-electron chi connectivity index (χ3n) is 2.32. The van der Waals surface area contributed by atoms with Gasteiger partial charge in [0.2, 0.25) is 0 Å². The standard InChI is InChI=1S/C13H16O5/c1-9(12(14)15)18-13(16)10(2)17-8-11-6-4-3-5-7-11/h3-7,9-10H,8H2,1-2H3,(H,14,15)/t9-,10+/m0/s1. The zero-order chi connectivity index (χ0) is 13.5. The van der Waals surface area contributed by atoms with Crippen molar-refractivity contribution in [2.24, 2.45) is 0 Å². The number of carboxylic acid groups (broad SMARTS) is 1. The van der Waals surface area contributed by atoms with Gasteiger partial charge < -0.3 is 14.6 Å². The zero-order valence-corrected chi connectivity index (χ0v) is 10.3. The number of aliphatic carboxylic acids is 1. The van der Waals surface area contributed by atoms with Gasteiger partial charge in [0, 0.05) is 0 Å². The van der Waals surface area contributed by atoms with Crippen LogP contribution in [0.3, 0.4) is 0 Å². The van der Waals surface area contributed by atoms with Crippen LogP contribution in [-0.2, 0) is 25.7 Å². The highest BCUT2D eigenvalue weighted by Crippen LogP contribution is 2.05. The number of carbonyl (C=O) groups excluding carboxylic acids is 1. The molecule has 0 amide bonds. The zero-order valence-electron chi connectivity index (χ0n) is 10.3. The van der Waals surface area contributed by atoms with Gasteiger partial charge >= 0.3 is 11.9 Å². The van der Waals surface area contributed by atoms with Crippen LogP contribution < -0.4 is 0 Å². The molecule has 0 saturated heterocycles. The third-order valence-corrected chi connectivity index (χ3v) is 2.32. The molecule has 1 aromatic carbocycles. The maximum atomic E-state index is 11.5. The summed E-state index contributed by atoms with van der Waals surface area (Å²) in [6.45, 7) is 3.10. The molecule has 0 bridgehead atoms. The van der Waals surface area contributed by atoms with Crippen molar-refractivity contribution in [3.8, 4) is 0 Å². The Labute approximate surface area is 105 Å². The molecular formula is C13H16O5. The van der Waals surface area contributed by atoms with Gasteiger partial charge in [-0.1, -0.05) is 30.3 Å². The molecule has 2 atom stereocenters. The fraction of sp³-hybridized carbons (Fsp3) is 0.385. The van der Waals surface area contributed by atoms with E-state index in [0.29, 0.717) is 0 Å². The maximum absolute atomic E-state index is 11.5. The second-order valence-corrected chi connectivity index (χ2v) is 3.86. The molecule has 0 aromatic heterocycles. The summed E-state index contributed by atoms with van der Waals surface area (Å²) in [6.07, 6.45) is -1.97. The molecule has 0 saturated carbocycles. The molecule has 0 heterocycles. The van der Waals surface area contributed by atoms with Crippen molar-refractivity contribution in [1.29, 1.82) is 0 Å². The Kier molecular flexibility index (Phi) is 5.32. The molecule has 0 radical (unpaired) electrons. The van der Waals surface area contributed by atoms with Crippen LogP contribution in [0.2, 0.25) is 0 Å². The molecule has 98 valence electrons. The molecule has 0 aliphatic carbocycles.